The summed E-state index contributed by atoms with van der Waals surface area (Å²) in [5.74, 6) is -3.48. The molecule has 0 unspecified atom stereocenters. The van der Waals surface area contributed by atoms with Crippen LogP contribution in [0.25, 0.3) is 0 Å². The molecule has 4 atom stereocenters. The molecular weight excluding hydrogens is 326 g/mol. The molecule has 134 valence electrons. The zero-order chi connectivity index (χ0) is 18.1. The van der Waals surface area contributed by atoms with Crippen molar-refractivity contribution in [3.63, 3.8) is 0 Å². The number of hydrogen-bond donors (Lipinski definition) is 0. The highest BCUT2D eigenvalue weighted by Gasteiger charge is 2.69. The number of esters is 3. The molecule has 0 aliphatic carbocycles. The highest BCUT2D eigenvalue weighted by Crippen LogP contribution is 2.49. The molecule has 0 radical (unpaired) electrons. The summed E-state index contributed by atoms with van der Waals surface area (Å²) in [6.45, 7) is 1.32. The van der Waals surface area contributed by atoms with Crippen LogP contribution in [0.4, 0.5) is 0 Å². The van der Waals surface area contributed by atoms with E-state index >= 15 is 0 Å². The van der Waals surface area contributed by atoms with Gasteiger partial charge in [-0.1, -0.05) is 0 Å². The molecule has 2 saturated heterocycles. The summed E-state index contributed by atoms with van der Waals surface area (Å²) in [5, 5.41) is 0.773. The maximum absolute atomic E-state index is 12.5. The monoisotopic (exact) mass is 345 g/mol. The molecule has 2 aliphatic heterocycles. The van der Waals surface area contributed by atoms with E-state index in [0.29, 0.717) is 0 Å². The summed E-state index contributed by atoms with van der Waals surface area (Å²) in [6, 6.07) is 0. The predicted octanol–water partition coefficient (Wildman–Crippen LogP) is -0.841. The molecule has 10 nitrogen and oxygen atoms in total. The topological polar surface area (TPSA) is 118 Å². The van der Waals surface area contributed by atoms with Gasteiger partial charge >= 0.3 is 17.9 Å². The quantitative estimate of drug-likeness (QED) is 0.461. The van der Waals surface area contributed by atoms with Gasteiger partial charge in [0.2, 0.25) is 0 Å². The molecule has 0 aromatic rings. The number of carbonyl (C=O) groups excluding carboxylic acids is 4. The number of methoxy groups -OCH3 is 3. The Hall–Kier alpha value is -2.04. The van der Waals surface area contributed by atoms with Crippen LogP contribution in [-0.2, 0) is 43.1 Å². The van der Waals surface area contributed by atoms with Crippen molar-refractivity contribution < 1.29 is 43.1 Å². The zero-order valence-electron chi connectivity index (χ0n) is 13.8. The van der Waals surface area contributed by atoms with Crippen LogP contribution in [0.3, 0.4) is 0 Å². The van der Waals surface area contributed by atoms with E-state index in [1.54, 1.807) is 0 Å². The van der Waals surface area contributed by atoms with Crippen molar-refractivity contribution >= 4 is 23.7 Å². The number of nitrogens with zero attached hydrogens (tertiary/aromatic N) is 1. The molecule has 0 amide bonds. The van der Waals surface area contributed by atoms with Crippen LogP contribution < -0.4 is 0 Å². The van der Waals surface area contributed by atoms with Crippen molar-refractivity contribution in [2.24, 2.45) is 5.92 Å². The Balaban J connectivity index is 2.45. The second kappa shape index (κ2) is 6.83. The fraction of sp³-hybridized carbons (Fsp3) is 0.714. The number of hydrogen-bond acceptors (Lipinski definition) is 10. The summed E-state index contributed by atoms with van der Waals surface area (Å²) >= 11 is 0. The molecule has 0 bridgehead atoms. The van der Waals surface area contributed by atoms with Crippen molar-refractivity contribution in [3.05, 3.63) is 0 Å². The molecule has 0 N–H and O–H groups in total. The van der Waals surface area contributed by atoms with Gasteiger partial charge in [0.25, 0.3) is 0 Å². The van der Waals surface area contributed by atoms with Crippen LogP contribution in [0.5, 0.6) is 0 Å². The van der Waals surface area contributed by atoms with Crippen molar-refractivity contribution in [2.45, 2.75) is 37.5 Å². The first kappa shape index (κ1) is 18.3. The summed E-state index contributed by atoms with van der Waals surface area (Å²) in [7, 11) is 3.48. The van der Waals surface area contributed by atoms with Gasteiger partial charge in [-0.25, -0.2) is 14.4 Å². The predicted molar refractivity (Wildman–Crippen MR) is 73.8 cm³/mol. The van der Waals surface area contributed by atoms with Crippen LogP contribution in [-0.4, -0.2) is 68.0 Å². The highest BCUT2D eigenvalue weighted by molar-refractivity contribution is 5.88. The highest BCUT2D eigenvalue weighted by atomic mass is 17.0. The van der Waals surface area contributed by atoms with Gasteiger partial charge in [-0.3, -0.25) is 9.68 Å². The van der Waals surface area contributed by atoms with E-state index in [4.69, 9.17) is 14.4 Å². The minimum absolute atomic E-state index is 0.164. The van der Waals surface area contributed by atoms with Gasteiger partial charge in [-0.2, -0.15) is 0 Å². The van der Waals surface area contributed by atoms with E-state index in [0.717, 1.165) is 19.4 Å². The lowest BCUT2D eigenvalue weighted by molar-refractivity contribution is -0.362. The Labute approximate surface area is 137 Å². The lowest BCUT2D eigenvalue weighted by Crippen LogP contribution is -2.52. The van der Waals surface area contributed by atoms with Crippen LogP contribution in [0.15, 0.2) is 0 Å². The van der Waals surface area contributed by atoms with Gasteiger partial charge in [-0.05, 0) is 12.2 Å². The van der Waals surface area contributed by atoms with Crippen molar-refractivity contribution in [1.29, 1.82) is 0 Å². The third-order valence-electron chi connectivity index (χ3n) is 4.18. The Morgan fingerprint density at radius 2 is 1.67 bits per heavy atom. The van der Waals surface area contributed by atoms with E-state index in [2.05, 4.69) is 9.47 Å². The first-order chi connectivity index (χ1) is 11.3. The molecule has 10 heteroatoms. The number of ketones is 1. The zero-order valence-corrected chi connectivity index (χ0v) is 13.8. The summed E-state index contributed by atoms with van der Waals surface area (Å²) in [5.41, 5.74) is -1.63. The third-order valence-corrected chi connectivity index (χ3v) is 4.18. The normalized spacial score (nSPS) is 32.1. The number of ether oxygens (including phenoxy) is 3. The van der Waals surface area contributed by atoms with Gasteiger partial charge in [0, 0.05) is 18.8 Å². The Bertz CT molecular complexity index is 562. The first-order valence-corrected chi connectivity index (χ1v) is 7.19. The first-order valence-electron chi connectivity index (χ1n) is 7.19. The van der Waals surface area contributed by atoms with Gasteiger partial charge in [0.1, 0.15) is 5.78 Å². The molecule has 0 spiro atoms. The minimum atomic E-state index is -1.63. The second-order valence-corrected chi connectivity index (χ2v) is 5.56. The average Bonchev–Trinajstić information content (AvgIpc) is 3.07. The summed E-state index contributed by atoms with van der Waals surface area (Å²) < 4.78 is 14.1. The fourth-order valence-electron chi connectivity index (χ4n) is 3.09. The largest absolute Gasteiger partial charge is 0.467 e. The summed E-state index contributed by atoms with van der Waals surface area (Å²) in [6.07, 6.45) is -2.71. The molecule has 0 saturated carbocycles. The Kier molecular flexibility index (Phi) is 5.21. The number of Topliss-reactive ketones (excluding diaryl/α,β-unsaturated/α-hetero) is 1. The van der Waals surface area contributed by atoms with Crippen molar-refractivity contribution in [2.75, 3.05) is 21.3 Å². The maximum atomic E-state index is 12.5. The smallest absolute Gasteiger partial charge is 0.337 e. The van der Waals surface area contributed by atoms with E-state index in [1.807, 2.05) is 0 Å². The molecule has 24 heavy (non-hydrogen) atoms. The van der Waals surface area contributed by atoms with E-state index in [-0.39, 0.29) is 18.6 Å². The van der Waals surface area contributed by atoms with E-state index in [9.17, 15) is 19.2 Å². The van der Waals surface area contributed by atoms with Gasteiger partial charge in [0.15, 0.2) is 17.7 Å². The molecule has 2 aliphatic rings. The second-order valence-electron chi connectivity index (χ2n) is 5.56. The molecule has 0 aromatic heterocycles. The minimum Gasteiger partial charge on any atom is -0.467 e. The summed E-state index contributed by atoms with van der Waals surface area (Å²) in [4.78, 5) is 58.6. The molecule has 0 aromatic carbocycles. The standard InChI is InChI=1S/C14H19NO9/c1-7(16)5-8-10(12(18)21-3)24-15-14(8,13(19)22-4)6-9(23-15)11(17)20-2/h8-10H,5-6H2,1-4H3/t8-,9+,10-,14+/m0/s1. The fourth-order valence-corrected chi connectivity index (χ4v) is 3.09. The van der Waals surface area contributed by atoms with Gasteiger partial charge in [0.05, 0.1) is 21.3 Å². The number of fused-ring (bicyclic) bond motifs is 1. The lowest BCUT2D eigenvalue weighted by atomic mass is 9.75. The number of hydroxylamine groups is 2. The molecule has 2 rings (SSSR count). The van der Waals surface area contributed by atoms with Crippen LogP contribution in [0, 0.1) is 5.92 Å². The maximum Gasteiger partial charge on any atom is 0.337 e. The molecule has 2 fully saturated rings. The van der Waals surface area contributed by atoms with Crippen LogP contribution in [0.1, 0.15) is 19.8 Å². The molecular formula is C14H19NO9. The lowest BCUT2D eigenvalue weighted by Gasteiger charge is -2.29. The van der Waals surface area contributed by atoms with Gasteiger partial charge in [-0.15, -0.1) is 0 Å². The van der Waals surface area contributed by atoms with Crippen LogP contribution >= 0.6 is 0 Å². The van der Waals surface area contributed by atoms with E-state index in [1.165, 1.54) is 14.0 Å². The number of rotatable bonds is 5. The average molecular weight is 345 g/mol. The van der Waals surface area contributed by atoms with Crippen molar-refractivity contribution in [3.8, 4) is 0 Å². The Morgan fingerprint density at radius 1 is 1.04 bits per heavy atom. The number of carbonyl (C=O) groups is 4. The third kappa shape index (κ3) is 2.76. The van der Waals surface area contributed by atoms with Gasteiger partial charge < -0.3 is 19.0 Å². The Morgan fingerprint density at radius 3 is 2.17 bits per heavy atom. The van der Waals surface area contributed by atoms with Crippen LogP contribution in [0.2, 0.25) is 0 Å². The SMILES string of the molecule is COC(=O)[C@H]1ON2O[C@@H](C(=O)OC)C[C@]2(C(=O)OC)[C@H]1CC(C)=O. The van der Waals surface area contributed by atoms with Crippen molar-refractivity contribution in [1.82, 2.24) is 5.23 Å². The molecule has 2 heterocycles. The van der Waals surface area contributed by atoms with E-state index < -0.39 is 41.6 Å².